The van der Waals surface area contributed by atoms with E-state index in [1.54, 1.807) is 0 Å². The van der Waals surface area contributed by atoms with Crippen LogP contribution >= 0.6 is 15.9 Å². The Morgan fingerprint density at radius 3 is 2.93 bits per heavy atom. The van der Waals surface area contributed by atoms with Crippen LogP contribution in [0.5, 0.6) is 0 Å². The number of aryl methyl sites for hydroxylation is 1. The average molecular weight is 270 g/mol. The number of nitrogens with two attached hydrogens (primary N) is 1. The summed E-state index contributed by atoms with van der Waals surface area (Å²) in [5.74, 6) is 0. The maximum Gasteiger partial charge on any atom is 0.0703 e. The molecule has 0 radical (unpaired) electrons. The van der Waals surface area contributed by atoms with Gasteiger partial charge in [0.15, 0.2) is 0 Å². The van der Waals surface area contributed by atoms with Gasteiger partial charge in [-0.15, -0.1) is 0 Å². The summed E-state index contributed by atoms with van der Waals surface area (Å²) in [6.45, 7) is 0.558. The molecule has 1 aromatic rings. The van der Waals surface area contributed by atoms with Crippen LogP contribution < -0.4 is 5.73 Å². The summed E-state index contributed by atoms with van der Waals surface area (Å²) in [6.07, 6.45) is 3.22. The van der Waals surface area contributed by atoms with Crippen molar-refractivity contribution in [1.82, 2.24) is 0 Å². The van der Waals surface area contributed by atoms with Gasteiger partial charge in [0.25, 0.3) is 0 Å². The molecule has 3 heteroatoms. The van der Waals surface area contributed by atoms with E-state index in [1.807, 2.05) is 6.07 Å². The summed E-state index contributed by atoms with van der Waals surface area (Å²) in [4.78, 5) is 0. The lowest BCUT2D eigenvalue weighted by Crippen LogP contribution is -2.37. The predicted octanol–water partition coefficient (Wildman–Crippen LogP) is 2.02. The molecule has 1 aromatic carbocycles. The zero-order chi connectivity index (χ0) is 10.9. The Bertz CT molecular complexity index is 367. The summed E-state index contributed by atoms with van der Waals surface area (Å²) in [6, 6.07) is 6.28. The largest absolute Gasteiger partial charge is 0.389 e. The second-order valence-corrected chi connectivity index (χ2v) is 5.27. The number of benzene rings is 1. The molecule has 0 fully saturated rings. The molecule has 15 heavy (non-hydrogen) atoms. The molecule has 0 heterocycles. The molecular formula is C12H16BrNO. The molecule has 0 aromatic heterocycles. The monoisotopic (exact) mass is 269 g/mol. The van der Waals surface area contributed by atoms with Crippen molar-refractivity contribution in [2.45, 2.75) is 31.3 Å². The van der Waals surface area contributed by atoms with Crippen molar-refractivity contribution in [1.29, 1.82) is 0 Å². The summed E-state index contributed by atoms with van der Waals surface area (Å²) < 4.78 is 1.12. The van der Waals surface area contributed by atoms with Gasteiger partial charge in [-0.1, -0.05) is 22.0 Å². The minimum absolute atomic E-state index is 0.558. The number of halogens is 1. The standard InChI is InChI=1S/C12H16BrNO/c13-11-2-1-10-8-12(15,5-6-14)4-3-9(10)7-11/h1-2,7,15H,3-6,8,14H2. The Labute approximate surface area is 98.6 Å². The van der Waals surface area contributed by atoms with Crippen LogP contribution in [0.25, 0.3) is 0 Å². The molecule has 0 aliphatic heterocycles. The minimum atomic E-state index is -0.574. The Morgan fingerprint density at radius 2 is 2.20 bits per heavy atom. The summed E-state index contributed by atoms with van der Waals surface area (Å²) in [5.41, 5.74) is 7.56. The van der Waals surface area contributed by atoms with Gasteiger partial charge in [-0.25, -0.2) is 0 Å². The highest BCUT2D eigenvalue weighted by atomic mass is 79.9. The van der Waals surface area contributed by atoms with Crippen LogP contribution in [0.4, 0.5) is 0 Å². The molecule has 0 spiro atoms. The minimum Gasteiger partial charge on any atom is -0.389 e. The summed E-state index contributed by atoms with van der Waals surface area (Å²) in [5, 5.41) is 10.3. The third-order valence-corrected chi connectivity index (χ3v) is 3.65. The fourth-order valence-corrected chi connectivity index (χ4v) is 2.70. The van der Waals surface area contributed by atoms with Gasteiger partial charge in [-0.2, -0.15) is 0 Å². The lowest BCUT2D eigenvalue weighted by Gasteiger charge is -2.33. The first-order chi connectivity index (χ1) is 7.13. The maximum atomic E-state index is 10.3. The Balaban J connectivity index is 2.23. The van der Waals surface area contributed by atoms with Crippen molar-refractivity contribution in [3.63, 3.8) is 0 Å². The van der Waals surface area contributed by atoms with Gasteiger partial charge in [0.05, 0.1) is 5.60 Å². The molecule has 1 aliphatic carbocycles. The van der Waals surface area contributed by atoms with E-state index < -0.39 is 5.60 Å². The fraction of sp³-hybridized carbons (Fsp3) is 0.500. The third kappa shape index (κ3) is 2.41. The average Bonchev–Trinajstić information content (AvgIpc) is 2.19. The van der Waals surface area contributed by atoms with Gasteiger partial charge in [0, 0.05) is 10.9 Å². The summed E-state index contributed by atoms with van der Waals surface area (Å²) >= 11 is 3.47. The van der Waals surface area contributed by atoms with E-state index in [-0.39, 0.29) is 0 Å². The lowest BCUT2D eigenvalue weighted by atomic mass is 9.79. The van der Waals surface area contributed by atoms with Crippen LogP contribution in [-0.4, -0.2) is 17.3 Å². The molecule has 1 aliphatic rings. The Kier molecular flexibility index (Phi) is 3.14. The van der Waals surface area contributed by atoms with E-state index in [9.17, 15) is 5.11 Å². The van der Waals surface area contributed by atoms with Crippen LogP contribution in [0.2, 0.25) is 0 Å². The fourth-order valence-electron chi connectivity index (χ4n) is 2.29. The first kappa shape index (κ1) is 11.1. The van der Waals surface area contributed by atoms with Crippen molar-refractivity contribution in [2.24, 2.45) is 5.73 Å². The smallest absolute Gasteiger partial charge is 0.0703 e. The van der Waals surface area contributed by atoms with Crippen LogP contribution in [0.1, 0.15) is 24.0 Å². The van der Waals surface area contributed by atoms with E-state index in [2.05, 4.69) is 28.1 Å². The number of hydrogen-bond acceptors (Lipinski definition) is 2. The highest BCUT2D eigenvalue weighted by molar-refractivity contribution is 9.10. The normalized spacial score (nSPS) is 25.0. The quantitative estimate of drug-likeness (QED) is 0.863. The molecule has 0 amide bonds. The van der Waals surface area contributed by atoms with Gasteiger partial charge >= 0.3 is 0 Å². The van der Waals surface area contributed by atoms with Gasteiger partial charge in [-0.05, 0) is 49.1 Å². The van der Waals surface area contributed by atoms with Crippen LogP contribution in [0.15, 0.2) is 22.7 Å². The second-order valence-electron chi connectivity index (χ2n) is 4.35. The van der Waals surface area contributed by atoms with Gasteiger partial charge < -0.3 is 10.8 Å². The lowest BCUT2D eigenvalue weighted by molar-refractivity contribution is 0.0203. The second kappa shape index (κ2) is 4.24. The molecule has 2 nitrogen and oxygen atoms in total. The number of fused-ring (bicyclic) bond motifs is 1. The van der Waals surface area contributed by atoms with E-state index in [4.69, 9.17) is 5.73 Å². The highest BCUT2D eigenvalue weighted by Crippen LogP contribution is 2.32. The molecular weight excluding hydrogens is 254 g/mol. The molecule has 0 saturated heterocycles. The Morgan fingerprint density at radius 1 is 1.40 bits per heavy atom. The predicted molar refractivity (Wildman–Crippen MR) is 64.8 cm³/mol. The topological polar surface area (TPSA) is 46.2 Å². The van der Waals surface area contributed by atoms with Crippen LogP contribution in [0.3, 0.4) is 0 Å². The van der Waals surface area contributed by atoms with E-state index >= 15 is 0 Å². The summed E-state index contributed by atoms with van der Waals surface area (Å²) in [7, 11) is 0. The van der Waals surface area contributed by atoms with E-state index in [0.29, 0.717) is 13.0 Å². The van der Waals surface area contributed by atoms with Crippen molar-refractivity contribution < 1.29 is 5.11 Å². The molecule has 1 atom stereocenters. The molecule has 3 N–H and O–H groups in total. The van der Waals surface area contributed by atoms with E-state index in [1.165, 1.54) is 11.1 Å². The highest BCUT2D eigenvalue weighted by Gasteiger charge is 2.31. The maximum absolute atomic E-state index is 10.3. The SMILES string of the molecule is NCCC1(O)CCc2cc(Br)ccc2C1. The molecule has 0 saturated carbocycles. The van der Waals surface area contributed by atoms with Crippen molar-refractivity contribution in [2.75, 3.05) is 6.54 Å². The van der Waals surface area contributed by atoms with E-state index in [0.717, 1.165) is 23.7 Å². The number of aliphatic hydroxyl groups is 1. The van der Waals surface area contributed by atoms with Gasteiger partial charge in [0.1, 0.15) is 0 Å². The molecule has 0 bridgehead atoms. The van der Waals surface area contributed by atoms with Crippen molar-refractivity contribution in [3.05, 3.63) is 33.8 Å². The first-order valence-corrected chi connectivity index (χ1v) is 6.12. The Hall–Kier alpha value is -0.380. The van der Waals surface area contributed by atoms with Crippen LogP contribution in [-0.2, 0) is 12.8 Å². The third-order valence-electron chi connectivity index (χ3n) is 3.16. The molecule has 82 valence electrons. The zero-order valence-corrected chi connectivity index (χ0v) is 10.3. The van der Waals surface area contributed by atoms with Gasteiger partial charge in [-0.3, -0.25) is 0 Å². The molecule has 1 unspecified atom stereocenters. The number of hydrogen-bond donors (Lipinski definition) is 2. The zero-order valence-electron chi connectivity index (χ0n) is 8.67. The van der Waals surface area contributed by atoms with Crippen molar-refractivity contribution >= 4 is 15.9 Å². The van der Waals surface area contributed by atoms with Gasteiger partial charge in [0.2, 0.25) is 0 Å². The first-order valence-electron chi connectivity index (χ1n) is 5.33. The van der Waals surface area contributed by atoms with Crippen molar-refractivity contribution in [3.8, 4) is 0 Å². The number of rotatable bonds is 2. The molecule has 2 rings (SSSR count). The van der Waals surface area contributed by atoms with Crippen LogP contribution in [0, 0.1) is 0 Å².